The van der Waals surface area contributed by atoms with Crippen LogP contribution in [0.25, 0.3) is 5.69 Å². The van der Waals surface area contributed by atoms with Crippen LogP contribution in [0, 0.1) is 5.92 Å². The maximum Gasteiger partial charge on any atom is 0.138 e. The molecule has 1 N–H and O–H groups in total. The summed E-state index contributed by atoms with van der Waals surface area (Å²) < 4.78 is 1.93. The van der Waals surface area contributed by atoms with E-state index >= 15 is 0 Å². The lowest BCUT2D eigenvalue weighted by atomic mass is 9.74. The second-order valence-corrected chi connectivity index (χ2v) is 7.66. The third kappa shape index (κ3) is 3.35. The lowest BCUT2D eigenvalue weighted by Gasteiger charge is -2.46. The Balaban J connectivity index is 1.81. The molecule has 0 atom stereocenters. The number of hydrogen-bond donors (Lipinski definition) is 1. The van der Waals surface area contributed by atoms with E-state index < -0.39 is 0 Å². The van der Waals surface area contributed by atoms with Crippen LogP contribution in [0.4, 0.5) is 0 Å². The Bertz CT molecular complexity index is 614. The molecule has 0 bridgehead atoms. The quantitative estimate of drug-likeness (QED) is 0.947. The first-order chi connectivity index (χ1) is 10.3. The normalized spacial score (nSPS) is 20.9. The van der Waals surface area contributed by atoms with Crippen molar-refractivity contribution in [1.82, 2.24) is 25.1 Å². The van der Waals surface area contributed by atoms with Gasteiger partial charge in [-0.3, -0.25) is 4.98 Å². The summed E-state index contributed by atoms with van der Waals surface area (Å²) in [7, 11) is 0. The molecule has 22 heavy (non-hydrogen) atoms. The molecule has 118 valence electrons. The lowest BCUT2D eigenvalue weighted by molar-refractivity contribution is 0.127. The van der Waals surface area contributed by atoms with Crippen molar-refractivity contribution in [3.05, 3.63) is 36.7 Å². The van der Waals surface area contributed by atoms with Crippen molar-refractivity contribution >= 4 is 0 Å². The first-order valence-corrected chi connectivity index (χ1v) is 7.93. The minimum atomic E-state index is 0.161. The molecule has 0 aromatic carbocycles. The molecule has 0 unspecified atom stereocenters. The zero-order chi connectivity index (χ0) is 15.8. The van der Waals surface area contributed by atoms with Gasteiger partial charge in [0, 0.05) is 29.9 Å². The molecule has 0 radical (unpaired) electrons. The van der Waals surface area contributed by atoms with Crippen LogP contribution in [-0.2, 0) is 6.42 Å². The molecule has 5 nitrogen and oxygen atoms in total. The molecule has 0 saturated carbocycles. The van der Waals surface area contributed by atoms with Gasteiger partial charge < -0.3 is 5.32 Å². The fraction of sp³-hybridized carbons (Fsp3) is 0.588. The number of pyridine rings is 1. The zero-order valence-corrected chi connectivity index (χ0v) is 13.9. The highest BCUT2D eigenvalue weighted by Crippen LogP contribution is 2.34. The number of hydrogen-bond acceptors (Lipinski definition) is 4. The van der Waals surface area contributed by atoms with Gasteiger partial charge in [0.25, 0.3) is 0 Å². The highest BCUT2D eigenvalue weighted by atomic mass is 15.3. The van der Waals surface area contributed by atoms with Gasteiger partial charge in [0.2, 0.25) is 0 Å². The van der Waals surface area contributed by atoms with E-state index in [0.717, 1.165) is 30.8 Å². The SMILES string of the molecule is CC1(C)CC(Cc2ncnn2-c2ccncc2)CC(C)(C)N1. The summed E-state index contributed by atoms with van der Waals surface area (Å²) in [6.45, 7) is 9.14. The van der Waals surface area contributed by atoms with Gasteiger partial charge in [-0.05, 0) is 58.6 Å². The minimum Gasteiger partial charge on any atom is -0.307 e. The topological polar surface area (TPSA) is 55.6 Å². The molecule has 0 aliphatic carbocycles. The Morgan fingerprint density at radius 2 is 1.77 bits per heavy atom. The molecule has 1 aliphatic heterocycles. The van der Waals surface area contributed by atoms with E-state index in [2.05, 4.69) is 48.1 Å². The maximum absolute atomic E-state index is 4.49. The molecule has 0 spiro atoms. The van der Waals surface area contributed by atoms with Crippen molar-refractivity contribution in [3.63, 3.8) is 0 Å². The molecule has 1 saturated heterocycles. The van der Waals surface area contributed by atoms with Gasteiger partial charge in [-0.25, -0.2) is 9.67 Å². The third-order valence-corrected chi connectivity index (χ3v) is 4.27. The van der Waals surface area contributed by atoms with Crippen LogP contribution in [0.5, 0.6) is 0 Å². The van der Waals surface area contributed by atoms with Crippen LogP contribution >= 0.6 is 0 Å². The van der Waals surface area contributed by atoms with Crippen molar-refractivity contribution in [2.45, 2.75) is 58.0 Å². The fourth-order valence-electron chi connectivity index (χ4n) is 4.04. The van der Waals surface area contributed by atoms with Crippen LogP contribution in [0.1, 0.15) is 46.4 Å². The Hall–Kier alpha value is -1.75. The summed E-state index contributed by atoms with van der Waals surface area (Å²) in [6.07, 6.45) is 8.48. The average Bonchev–Trinajstić information content (AvgIpc) is 2.84. The summed E-state index contributed by atoms with van der Waals surface area (Å²) in [6, 6.07) is 3.93. The smallest absolute Gasteiger partial charge is 0.138 e. The first kappa shape index (κ1) is 15.2. The summed E-state index contributed by atoms with van der Waals surface area (Å²) in [5.74, 6) is 1.64. The van der Waals surface area contributed by atoms with Gasteiger partial charge in [-0.2, -0.15) is 5.10 Å². The predicted octanol–water partition coefficient (Wildman–Crippen LogP) is 2.76. The van der Waals surface area contributed by atoms with Crippen LogP contribution in [0.3, 0.4) is 0 Å². The predicted molar refractivity (Wildman–Crippen MR) is 86.9 cm³/mol. The van der Waals surface area contributed by atoms with E-state index in [1.165, 1.54) is 0 Å². The van der Waals surface area contributed by atoms with Gasteiger partial charge in [-0.15, -0.1) is 0 Å². The molecule has 3 rings (SSSR count). The standard InChI is InChI=1S/C17H25N5/c1-16(2)10-13(11-17(3,4)21-16)9-15-19-12-20-22(15)14-5-7-18-8-6-14/h5-8,12-13,21H,9-11H2,1-4H3. The van der Waals surface area contributed by atoms with Crippen molar-refractivity contribution in [2.24, 2.45) is 5.92 Å². The largest absolute Gasteiger partial charge is 0.307 e. The minimum absolute atomic E-state index is 0.161. The Kier molecular flexibility index (Phi) is 3.77. The number of rotatable bonds is 3. The number of aromatic nitrogens is 4. The summed E-state index contributed by atoms with van der Waals surface area (Å²) in [5.41, 5.74) is 1.34. The van der Waals surface area contributed by atoms with E-state index in [1.54, 1.807) is 18.7 Å². The highest BCUT2D eigenvalue weighted by Gasteiger charge is 2.38. The molecule has 1 fully saturated rings. The van der Waals surface area contributed by atoms with Crippen LogP contribution in [0.15, 0.2) is 30.9 Å². The Morgan fingerprint density at radius 3 is 2.41 bits per heavy atom. The maximum atomic E-state index is 4.49. The number of nitrogens with one attached hydrogen (secondary N) is 1. The van der Waals surface area contributed by atoms with Crippen LogP contribution < -0.4 is 5.32 Å². The molecular weight excluding hydrogens is 274 g/mol. The monoisotopic (exact) mass is 299 g/mol. The van der Waals surface area contributed by atoms with Crippen LogP contribution in [0.2, 0.25) is 0 Å². The van der Waals surface area contributed by atoms with Crippen molar-refractivity contribution in [3.8, 4) is 5.69 Å². The van der Waals surface area contributed by atoms with E-state index in [-0.39, 0.29) is 11.1 Å². The average molecular weight is 299 g/mol. The highest BCUT2D eigenvalue weighted by molar-refractivity contribution is 5.28. The van der Waals surface area contributed by atoms with Gasteiger partial charge in [0.05, 0.1) is 5.69 Å². The van der Waals surface area contributed by atoms with E-state index in [1.807, 2.05) is 16.8 Å². The van der Waals surface area contributed by atoms with Gasteiger partial charge in [0.15, 0.2) is 0 Å². The molecular formula is C17H25N5. The summed E-state index contributed by atoms with van der Waals surface area (Å²) >= 11 is 0. The Labute approximate surface area is 132 Å². The van der Waals surface area contributed by atoms with E-state index in [9.17, 15) is 0 Å². The van der Waals surface area contributed by atoms with Crippen molar-refractivity contribution < 1.29 is 0 Å². The lowest BCUT2D eigenvalue weighted by Crippen LogP contribution is -2.58. The third-order valence-electron chi connectivity index (χ3n) is 4.27. The molecule has 3 heterocycles. The molecule has 5 heteroatoms. The first-order valence-electron chi connectivity index (χ1n) is 7.93. The van der Waals surface area contributed by atoms with Gasteiger partial charge >= 0.3 is 0 Å². The number of piperidine rings is 1. The van der Waals surface area contributed by atoms with Crippen LogP contribution in [-0.4, -0.2) is 30.8 Å². The van der Waals surface area contributed by atoms with Crippen molar-refractivity contribution in [1.29, 1.82) is 0 Å². The van der Waals surface area contributed by atoms with Gasteiger partial charge in [-0.1, -0.05) is 0 Å². The van der Waals surface area contributed by atoms with Crippen molar-refractivity contribution in [2.75, 3.05) is 0 Å². The molecule has 2 aromatic rings. The second kappa shape index (κ2) is 5.47. The molecule has 2 aromatic heterocycles. The van der Waals surface area contributed by atoms with E-state index in [0.29, 0.717) is 5.92 Å². The zero-order valence-electron chi connectivity index (χ0n) is 13.9. The Morgan fingerprint density at radius 1 is 1.14 bits per heavy atom. The fourth-order valence-corrected chi connectivity index (χ4v) is 4.04. The van der Waals surface area contributed by atoms with Gasteiger partial charge in [0.1, 0.15) is 12.2 Å². The molecule has 1 aliphatic rings. The number of nitrogens with zero attached hydrogens (tertiary/aromatic N) is 4. The molecule has 0 amide bonds. The van der Waals surface area contributed by atoms with E-state index in [4.69, 9.17) is 0 Å². The second-order valence-electron chi connectivity index (χ2n) is 7.66. The summed E-state index contributed by atoms with van der Waals surface area (Å²) in [4.78, 5) is 8.56. The summed E-state index contributed by atoms with van der Waals surface area (Å²) in [5, 5.41) is 8.12.